The highest BCUT2D eigenvalue weighted by atomic mass is 35.5. The van der Waals surface area contributed by atoms with Crippen LogP contribution in [0.25, 0.3) is 0 Å². The van der Waals surface area contributed by atoms with Gasteiger partial charge < -0.3 is 14.6 Å². The second-order valence-electron chi connectivity index (χ2n) is 4.09. The summed E-state index contributed by atoms with van der Waals surface area (Å²) in [6, 6.07) is 4.31. The van der Waals surface area contributed by atoms with Gasteiger partial charge >= 0.3 is 0 Å². The molecule has 0 bridgehead atoms. The van der Waals surface area contributed by atoms with Crippen LogP contribution >= 0.6 is 11.6 Å². The summed E-state index contributed by atoms with van der Waals surface area (Å²) in [5, 5.41) is 10.2. The average molecular weight is 263 g/mol. The summed E-state index contributed by atoms with van der Waals surface area (Å²) in [6.07, 6.45) is -0.509. The standard InChI is InChI=1S/C12H16ClFO3/c1-12(15,11(16-2)17-3)7-8-4-5-10(14)9(13)6-8/h4-6,11,15H,7H2,1-3H3. The fraction of sp³-hybridized carbons (Fsp3) is 0.500. The van der Waals surface area contributed by atoms with Crippen molar-refractivity contribution in [1.29, 1.82) is 0 Å². The molecule has 0 aromatic heterocycles. The molecule has 0 saturated carbocycles. The van der Waals surface area contributed by atoms with Crippen LogP contribution in [0.4, 0.5) is 4.39 Å². The van der Waals surface area contributed by atoms with Gasteiger partial charge in [-0.3, -0.25) is 0 Å². The van der Waals surface area contributed by atoms with Crippen LogP contribution in [-0.4, -0.2) is 31.2 Å². The predicted molar refractivity (Wildman–Crippen MR) is 63.5 cm³/mol. The number of rotatable bonds is 5. The van der Waals surface area contributed by atoms with Gasteiger partial charge in [-0.2, -0.15) is 0 Å². The van der Waals surface area contributed by atoms with Crippen molar-refractivity contribution in [1.82, 2.24) is 0 Å². The molecule has 0 spiro atoms. The largest absolute Gasteiger partial charge is 0.385 e. The minimum atomic E-state index is -1.22. The van der Waals surface area contributed by atoms with Gasteiger partial charge in [0.2, 0.25) is 0 Å². The van der Waals surface area contributed by atoms with Crippen LogP contribution in [0, 0.1) is 5.82 Å². The molecule has 1 aromatic carbocycles. The molecule has 96 valence electrons. The van der Waals surface area contributed by atoms with Gasteiger partial charge in [-0.25, -0.2) is 4.39 Å². The Morgan fingerprint density at radius 2 is 2.00 bits per heavy atom. The molecular weight excluding hydrogens is 247 g/mol. The van der Waals surface area contributed by atoms with Gasteiger partial charge in [-0.15, -0.1) is 0 Å². The van der Waals surface area contributed by atoms with Crippen LogP contribution in [0.5, 0.6) is 0 Å². The quantitative estimate of drug-likeness (QED) is 0.828. The maximum Gasteiger partial charge on any atom is 0.185 e. The smallest absolute Gasteiger partial charge is 0.185 e. The van der Waals surface area contributed by atoms with E-state index < -0.39 is 17.7 Å². The highest BCUT2D eigenvalue weighted by Crippen LogP contribution is 2.23. The van der Waals surface area contributed by atoms with Crippen molar-refractivity contribution in [2.75, 3.05) is 14.2 Å². The van der Waals surface area contributed by atoms with Crippen LogP contribution in [-0.2, 0) is 15.9 Å². The summed E-state index contributed by atoms with van der Waals surface area (Å²) in [5.74, 6) is -0.481. The van der Waals surface area contributed by atoms with E-state index in [2.05, 4.69) is 0 Å². The molecule has 1 aromatic rings. The van der Waals surface area contributed by atoms with E-state index in [1.807, 2.05) is 0 Å². The Morgan fingerprint density at radius 3 is 2.47 bits per heavy atom. The molecule has 0 aliphatic carbocycles. The van der Waals surface area contributed by atoms with Gasteiger partial charge in [0.1, 0.15) is 11.4 Å². The van der Waals surface area contributed by atoms with Crippen molar-refractivity contribution in [3.63, 3.8) is 0 Å². The molecule has 0 aliphatic rings. The van der Waals surface area contributed by atoms with Gasteiger partial charge in [0.25, 0.3) is 0 Å². The van der Waals surface area contributed by atoms with Crippen molar-refractivity contribution in [3.05, 3.63) is 34.6 Å². The zero-order chi connectivity index (χ0) is 13.1. The molecule has 1 rings (SSSR count). The molecule has 5 heteroatoms. The lowest BCUT2D eigenvalue weighted by atomic mass is 9.96. The third-order valence-electron chi connectivity index (χ3n) is 2.48. The predicted octanol–water partition coefficient (Wildman–Crippen LogP) is 2.39. The third kappa shape index (κ3) is 3.64. The first-order valence-corrected chi connectivity index (χ1v) is 5.50. The highest BCUT2D eigenvalue weighted by molar-refractivity contribution is 6.30. The number of halogens is 2. The molecule has 0 amide bonds. The number of hydrogen-bond acceptors (Lipinski definition) is 3. The third-order valence-corrected chi connectivity index (χ3v) is 2.77. The molecule has 17 heavy (non-hydrogen) atoms. The molecular formula is C12H16ClFO3. The number of methoxy groups -OCH3 is 2. The summed E-state index contributed by atoms with van der Waals surface area (Å²) < 4.78 is 23.0. The lowest BCUT2D eigenvalue weighted by Crippen LogP contribution is -2.43. The van der Waals surface area contributed by atoms with Gasteiger partial charge in [-0.1, -0.05) is 17.7 Å². The first-order chi connectivity index (χ1) is 7.90. The van der Waals surface area contributed by atoms with Crippen LogP contribution in [0.15, 0.2) is 18.2 Å². The topological polar surface area (TPSA) is 38.7 Å². The summed E-state index contributed by atoms with van der Waals surface area (Å²) in [5.41, 5.74) is -0.509. The van der Waals surface area contributed by atoms with Gasteiger partial charge in [0.05, 0.1) is 5.02 Å². The molecule has 0 aliphatic heterocycles. The van der Waals surface area contributed by atoms with E-state index in [0.29, 0.717) is 5.56 Å². The van der Waals surface area contributed by atoms with Crippen molar-refractivity contribution >= 4 is 11.6 Å². The Morgan fingerprint density at radius 1 is 1.41 bits per heavy atom. The lowest BCUT2D eigenvalue weighted by molar-refractivity contribution is -0.207. The second-order valence-corrected chi connectivity index (χ2v) is 4.49. The normalized spacial score (nSPS) is 15.0. The lowest BCUT2D eigenvalue weighted by Gasteiger charge is -2.30. The molecule has 0 fully saturated rings. The minimum Gasteiger partial charge on any atom is -0.385 e. The Kier molecular flexibility index (Phi) is 4.89. The number of benzene rings is 1. The van der Waals surface area contributed by atoms with E-state index in [1.165, 1.54) is 26.4 Å². The van der Waals surface area contributed by atoms with Crippen molar-refractivity contribution in [3.8, 4) is 0 Å². The summed E-state index contributed by atoms with van der Waals surface area (Å²) in [6.45, 7) is 1.59. The fourth-order valence-corrected chi connectivity index (χ4v) is 1.95. The van der Waals surface area contributed by atoms with Crippen molar-refractivity contribution in [2.24, 2.45) is 0 Å². The Bertz CT molecular complexity index is 378. The molecule has 0 radical (unpaired) electrons. The zero-order valence-corrected chi connectivity index (χ0v) is 10.8. The Balaban J connectivity index is 2.85. The average Bonchev–Trinajstić information content (AvgIpc) is 2.24. The highest BCUT2D eigenvalue weighted by Gasteiger charge is 2.32. The van der Waals surface area contributed by atoms with E-state index in [9.17, 15) is 9.50 Å². The fourth-order valence-electron chi connectivity index (χ4n) is 1.75. The molecule has 0 saturated heterocycles. The second kappa shape index (κ2) is 5.78. The van der Waals surface area contributed by atoms with E-state index in [1.54, 1.807) is 13.0 Å². The maximum absolute atomic E-state index is 13.0. The van der Waals surface area contributed by atoms with E-state index in [-0.39, 0.29) is 11.4 Å². The van der Waals surface area contributed by atoms with Crippen molar-refractivity contribution in [2.45, 2.75) is 25.2 Å². The Hall–Kier alpha value is -0.680. The molecule has 1 unspecified atom stereocenters. The summed E-state index contributed by atoms with van der Waals surface area (Å²) in [7, 11) is 2.89. The number of hydrogen-bond donors (Lipinski definition) is 1. The van der Waals surface area contributed by atoms with Crippen LogP contribution < -0.4 is 0 Å². The van der Waals surface area contributed by atoms with E-state index in [0.717, 1.165) is 0 Å². The molecule has 1 N–H and O–H groups in total. The van der Waals surface area contributed by atoms with Crippen LogP contribution in [0.2, 0.25) is 5.02 Å². The van der Waals surface area contributed by atoms with Crippen LogP contribution in [0.3, 0.4) is 0 Å². The monoisotopic (exact) mass is 262 g/mol. The van der Waals surface area contributed by atoms with E-state index >= 15 is 0 Å². The zero-order valence-electron chi connectivity index (χ0n) is 10.0. The minimum absolute atomic E-state index is 0.0321. The molecule has 0 heterocycles. The summed E-state index contributed by atoms with van der Waals surface area (Å²) >= 11 is 5.67. The van der Waals surface area contributed by atoms with Gasteiger partial charge in [0.15, 0.2) is 6.29 Å². The maximum atomic E-state index is 13.0. The van der Waals surface area contributed by atoms with Gasteiger partial charge in [-0.05, 0) is 24.6 Å². The number of ether oxygens (including phenoxy) is 2. The molecule has 1 atom stereocenters. The Labute approximate surface area is 105 Å². The van der Waals surface area contributed by atoms with Crippen LogP contribution in [0.1, 0.15) is 12.5 Å². The van der Waals surface area contributed by atoms with Crippen molar-refractivity contribution < 1.29 is 19.0 Å². The first-order valence-electron chi connectivity index (χ1n) is 5.12. The summed E-state index contributed by atoms with van der Waals surface area (Å²) in [4.78, 5) is 0. The molecule has 3 nitrogen and oxygen atoms in total. The van der Waals surface area contributed by atoms with Gasteiger partial charge in [0, 0.05) is 20.6 Å². The SMILES string of the molecule is COC(OC)C(C)(O)Cc1ccc(F)c(Cl)c1. The van der Waals surface area contributed by atoms with E-state index in [4.69, 9.17) is 21.1 Å². The first kappa shape index (κ1) is 14.4. The number of aliphatic hydroxyl groups is 1.